The lowest BCUT2D eigenvalue weighted by Gasteiger charge is -2.13. The van der Waals surface area contributed by atoms with Crippen molar-refractivity contribution in [3.63, 3.8) is 0 Å². The van der Waals surface area contributed by atoms with Crippen molar-refractivity contribution >= 4 is 11.6 Å². The van der Waals surface area contributed by atoms with E-state index in [-0.39, 0.29) is 16.6 Å². The lowest BCUT2D eigenvalue weighted by Crippen LogP contribution is -2.11. The van der Waals surface area contributed by atoms with Gasteiger partial charge in [-0.25, -0.2) is 0 Å². The van der Waals surface area contributed by atoms with E-state index < -0.39 is 11.7 Å². The molecule has 25 heavy (non-hydrogen) atoms. The van der Waals surface area contributed by atoms with Gasteiger partial charge in [0.25, 0.3) is 0 Å². The predicted octanol–water partition coefficient (Wildman–Crippen LogP) is 5.39. The first kappa shape index (κ1) is 17.3. The van der Waals surface area contributed by atoms with Gasteiger partial charge in [0.05, 0.1) is 11.3 Å². The quantitative estimate of drug-likeness (QED) is 0.598. The van der Waals surface area contributed by atoms with Crippen LogP contribution in [-0.2, 0) is 13.2 Å². The van der Waals surface area contributed by atoms with Gasteiger partial charge in [0.15, 0.2) is 5.43 Å². The van der Waals surface area contributed by atoms with Crippen molar-refractivity contribution < 1.29 is 13.2 Å². The van der Waals surface area contributed by atoms with Gasteiger partial charge < -0.3 is 4.57 Å². The number of hydrogen-bond donors (Lipinski definition) is 0. The van der Waals surface area contributed by atoms with E-state index in [1.54, 1.807) is 42.1 Å². The van der Waals surface area contributed by atoms with Gasteiger partial charge in [-0.3, -0.25) is 4.79 Å². The molecule has 1 aromatic heterocycles. The van der Waals surface area contributed by atoms with Crippen molar-refractivity contribution in [1.82, 2.24) is 4.57 Å². The number of benzene rings is 2. The van der Waals surface area contributed by atoms with Gasteiger partial charge in [-0.15, -0.1) is 0 Å². The minimum atomic E-state index is -4.45. The maximum Gasteiger partial charge on any atom is 0.416 e. The molecular weight excluding hydrogens is 351 g/mol. The summed E-state index contributed by atoms with van der Waals surface area (Å²) < 4.78 is 40.4. The lowest BCUT2D eigenvalue weighted by atomic mass is 10.0. The van der Waals surface area contributed by atoms with Crippen LogP contribution in [0.1, 0.15) is 5.56 Å². The van der Waals surface area contributed by atoms with E-state index >= 15 is 0 Å². The van der Waals surface area contributed by atoms with E-state index in [4.69, 9.17) is 11.6 Å². The van der Waals surface area contributed by atoms with E-state index in [1.807, 2.05) is 0 Å². The first-order chi connectivity index (χ1) is 11.8. The molecule has 0 atom stereocenters. The third kappa shape index (κ3) is 3.61. The minimum Gasteiger partial charge on any atom is -0.350 e. The first-order valence-corrected chi connectivity index (χ1v) is 7.78. The largest absolute Gasteiger partial charge is 0.416 e. The topological polar surface area (TPSA) is 22.0 Å². The third-order valence-electron chi connectivity index (χ3n) is 3.88. The van der Waals surface area contributed by atoms with Gasteiger partial charge in [0.1, 0.15) is 0 Å². The Bertz CT molecular complexity index is 975. The van der Waals surface area contributed by atoms with Gasteiger partial charge in [0, 0.05) is 29.9 Å². The average molecular weight is 364 g/mol. The molecule has 1 heterocycles. The summed E-state index contributed by atoms with van der Waals surface area (Å²) in [6.45, 7) is 0. The van der Waals surface area contributed by atoms with E-state index in [9.17, 15) is 18.0 Å². The second kappa shape index (κ2) is 6.41. The summed E-state index contributed by atoms with van der Waals surface area (Å²) in [6, 6.07) is 13.2. The number of nitrogens with zero attached hydrogens (tertiary/aromatic N) is 1. The zero-order valence-electron chi connectivity index (χ0n) is 13.1. The van der Waals surface area contributed by atoms with Crippen molar-refractivity contribution in [1.29, 1.82) is 0 Å². The summed E-state index contributed by atoms with van der Waals surface area (Å²) in [7, 11) is 1.74. The van der Waals surface area contributed by atoms with Crippen LogP contribution >= 0.6 is 11.6 Å². The Kier molecular flexibility index (Phi) is 4.43. The molecule has 0 saturated carbocycles. The molecule has 128 valence electrons. The normalized spacial score (nSPS) is 11.6. The number of rotatable bonds is 2. The third-order valence-corrected chi connectivity index (χ3v) is 4.13. The van der Waals surface area contributed by atoms with Crippen molar-refractivity contribution in [3.05, 3.63) is 81.6 Å². The summed E-state index contributed by atoms with van der Waals surface area (Å²) in [4.78, 5) is 12.5. The molecule has 6 heteroatoms. The van der Waals surface area contributed by atoms with Crippen LogP contribution in [0.25, 0.3) is 22.4 Å². The fourth-order valence-corrected chi connectivity index (χ4v) is 2.74. The maximum absolute atomic E-state index is 12.9. The SMILES string of the molecule is Cn1cc(-c2cccc(C(F)(F)F)c2)c(=O)cc1-c1ccc(Cl)cc1. The van der Waals surface area contributed by atoms with Crippen LogP contribution in [0, 0.1) is 0 Å². The highest BCUT2D eigenvalue weighted by Crippen LogP contribution is 2.31. The fraction of sp³-hybridized carbons (Fsp3) is 0.105. The monoisotopic (exact) mass is 363 g/mol. The predicted molar refractivity (Wildman–Crippen MR) is 92.6 cm³/mol. The summed E-state index contributed by atoms with van der Waals surface area (Å²) in [5.41, 5.74) is 0.762. The molecule has 0 spiro atoms. The van der Waals surface area contributed by atoms with Crippen LogP contribution in [0.3, 0.4) is 0 Å². The summed E-state index contributed by atoms with van der Waals surface area (Å²) in [5.74, 6) is 0. The molecule has 0 fully saturated rings. The Labute approximate surface area is 147 Å². The van der Waals surface area contributed by atoms with E-state index in [0.29, 0.717) is 10.7 Å². The summed E-state index contributed by atoms with van der Waals surface area (Å²) in [6.07, 6.45) is -2.91. The standard InChI is InChI=1S/C19H13ClF3NO/c1-24-11-16(13-3-2-4-14(9-13)19(21,22)23)18(25)10-17(24)12-5-7-15(20)8-6-12/h2-11H,1H3. The first-order valence-electron chi connectivity index (χ1n) is 7.40. The van der Waals surface area contributed by atoms with Crippen LogP contribution < -0.4 is 5.43 Å². The Balaban J connectivity index is 2.10. The van der Waals surface area contributed by atoms with Gasteiger partial charge in [-0.05, 0) is 35.4 Å². The summed E-state index contributed by atoms with van der Waals surface area (Å²) >= 11 is 5.87. The lowest BCUT2D eigenvalue weighted by molar-refractivity contribution is -0.137. The molecule has 0 amide bonds. The Morgan fingerprint density at radius 3 is 2.28 bits per heavy atom. The van der Waals surface area contributed by atoms with Crippen LogP contribution in [0.4, 0.5) is 13.2 Å². The molecule has 2 aromatic carbocycles. The molecular formula is C19H13ClF3NO. The molecule has 0 unspecified atom stereocenters. The molecule has 0 radical (unpaired) electrons. The Morgan fingerprint density at radius 1 is 0.960 bits per heavy atom. The Hall–Kier alpha value is -2.53. The molecule has 2 nitrogen and oxygen atoms in total. The molecule has 3 aromatic rings. The highest BCUT2D eigenvalue weighted by Gasteiger charge is 2.30. The number of pyridine rings is 1. The second-order valence-corrected chi connectivity index (χ2v) is 6.07. The number of halogens is 4. The molecule has 0 aliphatic heterocycles. The zero-order chi connectivity index (χ0) is 18.2. The number of hydrogen-bond acceptors (Lipinski definition) is 1. The van der Waals surface area contributed by atoms with Crippen LogP contribution in [0.15, 0.2) is 65.6 Å². The van der Waals surface area contributed by atoms with E-state index in [0.717, 1.165) is 17.7 Å². The van der Waals surface area contributed by atoms with Crippen LogP contribution in [0.5, 0.6) is 0 Å². The highest BCUT2D eigenvalue weighted by atomic mass is 35.5. The zero-order valence-corrected chi connectivity index (χ0v) is 13.9. The fourth-order valence-electron chi connectivity index (χ4n) is 2.62. The van der Waals surface area contributed by atoms with Crippen molar-refractivity contribution in [2.45, 2.75) is 6.18 Å². The van der Waals surface area contributed by atoms with Crippen LogP contribution in [0.2, 0.25) is 5.02 Å². The highest BCUT2D eigenvalue weighted by molar-refractivity contribution is 6.30. The van der Waals surface area contributed by atoms with E-state index in [1.165, 1.54) is 18.2 Å². The van der Waals surface area contributed by atoms with E-state index in [2.05, 4.69) is 0 Å². The summed E-state index contributed by atoms with van der Waals surface area (Å²) in [5, 5.41) is 0.578. The van der Waals surface area contributed by atoms with Gasteiger partial charge in [0.2, 0.25) is 0 Å². The molecule has 0 bridgehead atoms. The van der Waals surface area contributed by atoms with Gasteiger partial charge in [-0.1, -0.05) is 35.9 Å². The van der Waals surface area contributed by atoms with Gasteiger partial charge in [-0.2, -0.15) is 13.2 Å². The maximum atomic E-state index is 12.9. The minimum absolute atomic E-state index is 0.214. The molecule has 0 aliphatic rings. The molecule has 0 N–H and O–H groups in total. The van der Waals surface area contributed by atoms with Crippen molar-refractivity contribution in [3.8, 4) is 22.4 Å². The number of aryl methyl sites for hydroxylation is 1. The van der Waals surface area contributed by atoms with Crippen molar-refractivity contribution in [2.24, 2.45) is 7.05 Å². The van der Waals surface area contributed by atoms with Crippen molar-refractivity contribution in [2.75, 3.05) is 0 Å². The Morgan fingerprint density at radius 2 is 1.64 bits per heavy atom. The smallest absolute Gasteiger partial charge is 0.350 e. The molecule has 0 aliphatic carbocycles. The average Bonchev–Trinajstić information content (AvgIpc) is 2.57. The molecule has 0 saturated heterocycles. The van der Waals surface area contributed by atoms with Crippen LogP contribution in [-0.4, -0.2) is 4.57 Å². The number of alkyl halides is 3. The van der Waals surface area contributed by atoms with Gasteiger partial charge >= 0.3 is 6.18 Å². The number of aromatic nitrogens is 1. The second-order valence-electron chi connectivity index (χ2n) is 5.63. The molecule has 3 rings (SSSR count).